The van der Waals surface area contributed by atoms with Crippen LogP contribution in [0, 0.1) is 5.92 Å². The molecule has 132 valence electrons. The summed E-state index contributed by atoms with van der Waals surface area (Å²) in [4.78, 5) is 15.4. The molecule has 0 aliphatic carbocycles. The monoisotopic (exact) mass is 340 g/mol. The maximum absolute atomic E-state index is 12.8. The number of para-hydroxylation sites is 1. The molecule has 2 atom stereocenters. The van der Waals surface area contributed by atoms with Crippen LogP contribution in [0.15, 0.2) is 30.6 Å². The van der Waals surface area contributed by atoms with Crippen LogP contribution in [0.2, 0.25) is 0 Å². The Bertz CT molecular complexity index is 714. The molecule has 1 aromatic heterocycles. The minimum atomic E-state index is -0.0565. The number of fused-ring (bicyclic) bond motifs is 1. The molecule has 0 unspecified atom stereocenters. The second-order valence-electron chi connectivity index (χ2n) is 6.98. The Morgan fingerprint density at radius 3 is 2.92 bits per heavy atom. The summed E-state index contributed by atoms with van der Waals surface area (Å²) < 4.78 is 1.53. The van der Waals surface area contributed by atoms with Gasteiger partial charge >= 0.3 is 0 Å². The molecule has 0 spiro atoms. The fourth-order valence-corrected chi connectivity index (χ4v) is 4.27. The van der Waals surface area contributed by atoms with Gasteiger partial charge in [-0.3, -0.25) is 4.79 Å². The SMILES string of the molecule is O=C(NC[C@@H]1CCCN2CCCC[C@H]12)c1ccccc1-n1cnnn1. The molecule has 2 saturated heterocycles. The van der Waals surface area contributed by atoms with Gasteiger partial charge < -0.3 is 10.2 Å². The third-order valence-electron chi connectivity index (χ3n) is 5.50. The Kier molecular flexibility index (Phi) is 4.74. The summed E-state index contributed by atoms with van der Waals surface area (Å²) in [6.07, 6.45) is 7.84. The highest BCUT2D eigenvalue weighted by Crippen LogP contribution is 2.30. The van der Waals surface area contributed by atoms with Crippen molar-refractivity contribution in [2.45, 2.75) is 38.1 Å². The zero-order valence-electron chi connectivity index (χ0n) is 14.3. The van der Waals surface area contributed by atoms with Crippen LogP contribution >= 0.6 is 0 Å². The molecule has 0 radical (unpaired) electrons. The van der Waals surface area contributed by atoms with E-state index in [-0.39, 0.29) is 5.91 Å². The van der Waals surface area contributed by atoms with Crippen molar-refractivity contribution >= 4 is 5.91 Å². The average Bonchev–Trinajstić information content (AvgIpc) is 3.21. The van der Waals surface area contributed by atoms with Gasteiger partial charge in [0.2, 0.25) is 0 Å². The first-order valence-corrected chi connectivity index (χ1v) is 9.17. The number of amides is 1. The number of carbonyl (C=O) groups is 1. The normalized spacial score (nSPS) is 23.8. The maximum Gasteiger partial charge on any atom is 0.253 e. The zero-order valence-corrected chi connectivity index (χ0v) is 14.3. The molecule has 0 saturated carbocycles. The molecular formula is C18H24N6O. The number of hydrogen-bond acceptors (Lipinski definition) is 5. The Balaban J connectivity index is 1.44. The van der Waals surface area contributed by atoms with Gasteiger partial charge in [-0.15, -0.1) is 5.10 Å². The van der Waals surface area contributed by atoms with Crippen LogP contribution in [0.5, 0.6) is 0 Å². The Morgan fingerprint density at radius 2 is 2.04 bits per heavy atom. The number of carbonyl (C=O) groups excluding carboxylic acids is 1. The highest BCUT2D eigenvalue weighted by atomic mass is 16.1. The maximum atomic E-state index is 12.8. The van der Waals surface area contributed by atoms with Gasteiger partial charge in [-0.2, -0.15) is 4.68 Å². The number of tetrazole rings is 1. The number of nitrogens with zero attached hydrogens (tertiary/aromatic N) is 5. The predicted octanol–water partition coefficient (Wildman–Crippen LogP) is 1.66. The first kappa shape index (κ1) is 16.2. The van der Waals surface area contributed by atoms with E-state index < -0.39 is 0 Å². The standard InChI is InChI=1S/C18H24N6O/c25-18(15-7-1-2-9-17(15)24-13-20-21-22-24)19-12-14-6-5-11-23-10-4-3-8-16(14)23/h1-2,7,9,13-14,16H,3-6,8,10-12H2,(H,19,25)/t14-,16+/m0/s1. The Hall–Kier alpha value is -2.28. The largest absolute Gasteiger partial charge is 0.352 e. The fraction of sp³-hybridized carbons (Fsp3) is 0.556. The van der Waals surface area contributed by atoms with Gasteiger partial charge in [-0.05, 0) is 67.3 Å². The lowest BCUT2D eigenvalue weighted by Gasteiger charge is -2.44. The quantitative estimate of drug-likeness (QED) is 0.916. The summed E-state index contributed by atoms with van der Waals surface area (Å²) in [6.45, 7) is 3.18. The number of aromatic nitrogens is 4. The summed E-state index contributed by atoms with van der Waals surface area (Å²) in [6, 6.07) is 8.06. The van der Waals surface area contributed by atoms with Gasteiger partial charge in [0, 0.05) is 12.6 Å². The molecule has 2 aromatic rings. The average molecular weight is 340 g/mol. The Morgan fingerprint density at radius 1 is 1.16 bits per heavy atom. The first-order chi connectivity index (χ1) is 12.3. The fourth-order valence-electron chi connectivity index (χ4n) is 4.27. The van der Waals surface area contributed by atoms with Crippen molar-refractivity contribution in [2.75, 3.05) is 19.6 Å². The number of nitrogens with one attached hydrogen (secondary N) is 1. The van der Waals surface area contributed by atoms with E-state index in [1.807, 2.05) is 24.3 Å². The van der Waals surface area contributed by atoms with E-state index in [1.54, 1.807) is 0 Å². The van der Waals surface area contributed by atoms with Crippen molar-refractivity contribution < 1.29 is 4.79 Å². The van der Waals surface area contributed by atoms with Gasteiger partial charge in [0.1, 0.15) is 6.33 Å². The number of benzene rings is 1. The molecule has 1 N–H and O–H groups in total. The van der Waals surface area contributed by atoms with E-state index in [9.17, 15) is 4.79 Å². The molecule has 25 heavy (non-hydrogen) atoms. The Labute approximate surface area is 147 Å². The van der Waals surface area contributed by atoms with Crippen LogP contribution in [0.4, 0.5) is 0 Å². The zero-order chi connectivity index (χ0) is 17.1. The van der Waals surface area contributed by atoms with Gasteiger partial charge in [0.15, 0.2) is 0 Å². The lowest BCUT2D eigenvalue weighted by Crippen LogP contribution is -2.51. The topological polar surface area (TPSA) is 75.9 Å². The van der Waals surface area contributed by atoms with Crippen LogP contribution < -0.4 is 5.32 Å². The molecule has 2 aliphatic heterocycles. The summed E-state index contributed by atoms with van der Waals surface area (Å²) >= 11 is 0. The van der Waals surface area contributed by atoms with Crippen molar-refractivity contribution in [3.63, 3.8) is 0 Å². The molecule has 2 fully saturated rings. The molecule has 1 aromatic carbocycles. The third-order valence-corrected chi connectivity index (χ3v) is 5.50. The molecule has 1 amide bonds. The predicted molar refractivity (Wildman–Crippen MR) is 93.4 cm³/mol. The van der Waals surface area contributed by atoms with Crippen LogP contribution in [-0.4, -0.2) is 56.7 Å². The van der Waals surface area contributed by atoms with E-state index in [1.165, 1.54) is 56.2 Å². The van der Waals surface area contributed by atoms with Crippen LogP contribution in [0.1, 0.15) is 42.5 Å². The lowest BCUT2D eigenvalue weighted by atomic mass is 9.83. The molecule has 7 heteroatoms. The molecular weight excluding hydrogens is 316 g/mol. The number of rotatable bonds is 4. The van der Waals surface area contributed by atoms with E-state index in [0.29, 0.717) is 23.2 Å². The second kappa shape index (κ2) is 7.31. The third kappa shape index (κ3) is 3.42. The van der Waals surface area contributed by atoms with Crippen molar-refractivity contribution in [3.05, 3.63) is 36.2 Å². The lowest BCUT2D eigenvalue weighted by molar-refractivity contribution is 0.0575. The molecule has 3 heterocycles. The van der Waals surface area contributed by atoms with Crippen molar-refractivity contribution in [3.8, 4) is 5.69 Å². The summed E-state index contributed by atoms with van der Waals surface area (Å²) in [5.74, 6) is 0.497. The summed E-state index contributed by atoms with van der Waals surface area (Å²) in [5, 5.41) is 14.4. The summed E-state index contributed by atoms with van der Waals surface area (Å²) in [5.41, 5.74) is 1.30. The van der Waals surface area contributed by atoms with Gasteiger partial charge in [-0.1, -0.05) is 18.6 Å². The van der Waals surface area contributed by atoms with Gasteiger partial charge in [-0.25, -0.2) is 0 Å². The summed E-state index contributed by atoms with van der Waals surface area (Å²) in [7, 11) is 0. The smallest absolute Gasteiger partial charge is 0.253 e. The van der Waals surface area contributed by atoms with E-state index in [2.05, 4.69) is 25.7 Å². The second-order valence-corrected chi connectivity index (χ2v) is 6.98. The first-order valence-electron chi connectivity index (χ1n) is 9.17. The van der Waals surface area contributed by atoms with E-state index in [0.717, 1.165) is 6.54 Å². The number of piperidine rings is 2. The van der Waals surface area contributed by atoms with E-state index in [4.69, 9.17) is 0 Å². The molecule has 4 rings (SSSR count). The highest BCUT2D eigenvalue weighted by Gasteiger charge is 2.33. The molecule has 0 bridgehead atoms. The van der Waals surface area contributed by atoms with Gasteiger partial charge in [0.05, 0.1) is 11.3 Å². The minimum absolute atomic E-state index is 0.0565. The van der Waals surface area contributed by atoms with Gasteiger partial charge in [0.25, 0.3) is 5.91 Å². The van der Waals surface area contributed by atoms with Crippen LogP contribution in [0.25, 0.3) is 5.69 Å². The van der Waals surface area contributed by atoms with Crippen molar-refractivity contribution in [1.29, 1.82) is 0 Å². The van der Waals surface area contributed by atoms with Crippen molar-refractivity contribution in [2.24, 2.45) is 5.92 Å². The van der Waals surface area contributed by atoms with Crippen molar-refractivity contribution in [1.82, 2.24) is 30.4 Å². The molecule has 7 nitrogen and oxygen atoms in total. The minimum Gasteiger partial charge on any atom is -0.352 e. The highest BCUT2D eigenvalue weighted by molar-refractivity contribution is 5.97. The van der Waals surface area contributed by atoms with Crippen LogP contribution in [-0.2, 0) is 0 Å². The number of hydrogen-bond donors (Lipinski definition) is 1. The van der Waals surface area contributed by atoms with E-state index >= 15 is 0 Å². The van der Waals surface area contributed by atoms with Crippen LogP contribution in [0.3, 0.4) is 0 Å². The molecule has 2 aliphatic rings.